The van der Waals surface area contributed by atoms with Gasteiger partial charge in [-0.2, -0.15) is 5.10 Å². The molecule has 2 heterocycles. The van der Waals surface area contributed by atoms with Gasteiger partial charge in [-0.3, -0.25) is 14.7 Å². The summed E-state index contributed by atoms with van der Waals surface area (Å²) in [4.78, 5) is 15.2. The molecule has 2 aliphatic rings. The zero-order chi connectivity index (χ0) is 23.6. The summed E-state index contributed by atoms with van der Waals surface area (Å²) in [6.45, 7) is 4.75. The van der Waals surface area contributed by atoms with Crippen LogP contribution in [0.25, 0.3) is 0 Å². The van der Waals surface area contributed by atoms with Crippen molar-refractivity contribution in [3.63, 3.8) is 0 Å². The summed E-state index contributed by atoms with van der Waals surface area (Å²) in [6.07, 6.45) is 4.80. The van der Waals surface area contributed by atoms with E-state index in [-0.39, 0.29) is 5.56 Å². The van der Waals surface area contributed by atoms with Crippen LogP contribution in [0.1, 0.15) is 42.1 Å². The van der Waals surface area contributed by atoms with E-state index in [1.807, 2.05) is 13.1 Å². The molecule has 9 heteroatoms. The molecular weight excluding hydrogens is 494 g/mol. The molecule has 4 rings (SSSR count). The fourth-order valence-corrected chi connectivity index (χ4v) is 4.83. The largest absolute Gasteiger partial charge is 0.492 e. The second-order valence-corrected chi connectivity index (χ2v) is 9.76. The number of nitrogens with zero attached hydrogens (tertiary/aromatic N) is 3. The van der Waals surface area contributed by atoms with Crippen molar-refractivity contribution in [3.8, 4) is 5.75 Å². The molecule has 2 aromatic carbocycles. The first-order chi connectivity index (χ1) is 15.8. The fourth-order valence-electron chi connectivity index (χ4n) is 4.27. The molecule has 0 aromatic heterocycles. The van der Waals surface area contributed by atoms with Crippen molar-refractivity contribution < 1.29 is 18.3 Å². The molecule has 2 atom stereocenters. The minimum atomic E-state index is -1.07. The number of amides is 1. The molecule has 33 heavy (non-hydrogen) atoms. The van der Waals surface area contributed by atoms with Gasteiger partial charge in [0.1, 0.15) is 16.8 Å². The van der Waals surface area contributed by atoms with Gasteiger partial charge in [-0.1, -0.05) is 15.9 Å². The smallest absolute Gasteiger partial charge is 0.255 e. The lowest BCUT2D eigenvalue weighted by Crippen LogP contribution is -2.32. The number of benzene rings is 2. The summed E-state index contributed by atoms with van der Waals surface area (Å²) in [5.74, 6) is -1.92. The van der Waals surface area contributed by atoms with Crippen LogP contribution in [0.3, 0.4) is 0 Å². The predicted molar refractivity (Wildman–Crippen MR) is 128 cm³/mol. The SMILES string of the molecule is CC1CCCN1CCOc1ccc(NC(=O)c2ccc(F)c(F)c2)c(C2(Br)CC=NN2C)c1. The number of hydrogen-bond acceptors (Lipinski definition) is 5. The molecule has 2 unspecified atom stereocenters. The van der Waals surface area contributed by atoms with E-state index < -0.39 is 22.0 Å². The van der Waals surface area contributed by atoms with Crippen LogP contribution in [0.15, 0.2) is 41.5 Å². The van der Waals surface area contributed by atoms with E-state index in [4.69, 9.17) is 4.74 Å². The zero-order valence-corrected chi connectivity index (χ0v) is 20.2. The van der Waals surface area contributed by atoms with Crippen LogP contribution in [0.5, 0.6) is 5.75 Å². The Labute approximate surface area is 200 Å². The monoisotopic (exact) mass is 520 g/mol. The Morgan fingerprint density at radius 3 is 2.76 bits per heavy atom. The number of anilines is 1. The molecule has 2 aromatic rings. The minimum Gasteiger partial charge on any atom is -0.492 e. The van der Waals surface area contributed by atoms with Gasteiger partial charge in [0.15, 0.2) is 11.6 Å². The highest BCUT2D eigenvalue weighted by Crippen LogP contribution is 2.45. The fraction of sp³-hybridized carbons (Fsp3) is 0.417. The normalized spacial score (nSPS) is 22.7. The van der Waals surface area contributed by atoms with Crippen LogP contribution >= 0.6 is 15.9 Å². The van der Waals surface area contributed by atoms with Crippen LogP contribution < -0.4 is 10.1 Å². The number of ether oxygens (including phenoxy) is 1. The van der Waals surface area contributed by atoms with E-state index in [0.29, 0.717) is 30.5 Å². The van der Waals surface area contributed by atoms with E-state index in [1.54, 1.807) is 23.4 Å². The lowest BCUT2D eigenvalue weighted by molar-refractivity contribution is 0.102. The van der Waals surface area contributed by atoms with E-state index in [9.17, 15) is 13.6 Å². The predicted octanol–water partition coefficient (Wildman–Crippen LogP) is 4.95. The van der Waals surface area contributed by atoms with Gasteiger partial charge < -0.3 is 10.1 Å². The van der Waals surface area contributed by atoms with Crippen molar-refractivity contribution in [1.29, 1.82) is 0 Å². The first kappa shape index (κ1) is 23.6. The van der Waals surface area contributed by atoms with Gasteiger partial charge in [0.2, 0.25) is 0 Å². The molecular formula is C24H27BrF2N4O2. The number of hydrogen-bond donors (Lipinski definition) is 1. The maximum Gasteiger partial charge on any atom is 0.255 e. The highest BCUT2D eigenvalue weighted by Gasteiger charge is 2.38. The van der Waals surface area contributed by atoms with Crippen molar-refractivity contribution in [2.45, 2.75) is 36.7 Å². The maximum absolute atomic E-state index is 13.6. The standard InChI is InChI=1S/C24H27BrF2N4O2/c1-16-4-3-11-31(16)12-13-33-18-6-8-22(19(15-18)24(25)9-10-28-30(24)2)29-23(32)17-5-7-20(26)21(27)14-17/h5-8,10,14-16H,3-4,9,11-13H2,1-2H3,(H,29,32). The maximum atomic E-state index is 13.6. The van der Waals surface area contributed by atoms with Crippen molar-refractivity contribution in [2.75, 3.05) is 32.1 Å². The average Bonchev–Trinajstić information content (AvgIpc) is 3.36. The van der Waals surface area contributed by atoms with Gasteiger partial charge in [0.05, 0.1) is 0 Å². The molecule has 1 N–H and O–H groups in total. The van der Waals surface area contributed by atoms with Crippen molar-refractivity contribution >= 4 is 33.7 Å². The number of nitrogens with one attached hydrogen (secondary N) is 1. The number of alkyl halides is 1. The second-order valence-electron chi connectivity index (χ2n) is 8.45. The van der Waals surface area contributed by atoms with E-state index in [2.05, 4.69) is 38.2 Å². The molecule has 0 spiro atoms. The second kappa shape index (κ2) is 9.77. The van der Waals surface area contributed by atoms with Crippen LogP contribution in [0.2, 0.25) is 0 Å². The van der Waals surface area contributed by atoms with Gasteiger partial charge >= 0.3 is 0 Å². The lowest BCUT2D eigenvalue weighted by atomic mass is 10.0. The number of carbonyl (C=O) groups excluding carboxylic acids is 1. The molecule has 176 valence electrons. The van der Waals surface area contributed by atoms with Crippen LogP contribution in [-0.4, -0.2) is 54.8 Å². The third-order valence-corrected chi connectivity index (χ3v) is 7.57. The Morgan fingerprint density at radius 2 is 2.09 bits per heavy atom. The van der Waals surface area contributed by atoms with Crippen LogP contribution in [0, 0.1) is 11.6 Å². The zero-order valence-electron chi connectivity index (χ0n) is 18.7. The molecule has 0 bridgehead atoms. The van der Waals surface area contributed by atoms with Crippen molar-refractivity contribution in [1.82, 2.24) is 9.91 Å². The Bertz CT molecular complexity index is 1070. The van der Waals surface area contributed by atoms with Gasteiger partial charge in [0, 0.05) is 49.1 Å². The summed E-state index contributed by atoms with van der Waals surface area (Å²) in [5.41, 5.74) is 1.31. The highest BCUT2D eigenvalue weighted by atomic mass is 79.9. The summed E-state index contributed by atoms with van der Waals surface area (Å²) in [7, 11) is 1.83. The molecule has 0 aliphatic carbocycles. The quantitative estimate of drug-likeness (QED) is 0.414. The Balaban J connectivity index is 1.55. The Kier molecular flexibility index (Phi) is 6.99. The third kappa shape index (κ3) is 5.04. The van der Waals surface area contributed by atoms with E-state index in [0.717, 1.165) is 30.8 Å². The van der Waals surface area contributed by atoms with Gasteiger partial charge in [-0.05, 0) is 62.7 Å². The van der Waals surface area contributed by atoms with Crippen molar-refractivity contribution in [2.24, 2.45) is 5.10 Å². The number of hydrazone groups is 1. The molecule has 0 saturated carbocycles. The summed E-state index contributed by atoms with van der Waals surface area (Å²) >= 11 is 3.78. The number of carbonyl (C=O) groups is 1. The molecule has 0 radical (unpaired) electrons. The summed E-state index contributed by atoms with van der Waals surface area (Å²) in [5, 5.41) is 8.92. The minimum absolute atomic E-state index is 0.0274. The number of rotatable bonds is 7. The first-order valence-corrected chi connectivity index (χ1v) is 11.8. The number of halogens is 3. The molecule has 6 nitrogen and oxygen atoms in total. The van der Waals surface area contributed by atoms with Gasteiger partial charge in [-0.15, -0.1) is 0 Å². The van der Waals surface area contributed by atoms with E-state index in [1.165, 1.54) is 18.9 Å². The average molecular weight is 521 g/mol. The van der Waals surface area contributed by atoms with Crippen LogP contribution in [0.4, 0.5) is 14.5 Å². The van der Waals surface area contributed by atoms with Crippen LogP contribution in [-0.2, 0) is 4.45 Å². The molecule has 2 aliphatic heterocycles. The lowest BCUT2D eigenvalue weighted by Gasteiger charge is -2.32. The summed E-state index contributed by atoms with van der Waals surface area (Å²) in [6, 6.07) is 9.09. The molecule has 1 amide bonds. The summed E-state index contributed by atoms with van der Waals surface area (Å²) < 4.78 is 32.3. The molecule has 1 saturated heterocycles. The van der Waals surface area contributed by atoms with Gasteiger partial charge in [-0.25, -0.2) is 8.78 Å². The van der Waals surface area contributed by atoms with E-state index >= 15 is 0 Å². The first-order valence-electron chi connectivity index (χ1n) is 11.0. The topological polar surface area (TPSA) is 57.2 Å². The van der Waals surface area contributed by atoms with Crippen molar-refractivity contribution in [3.05, 3.63) is 59.2 Å². The highest BCUT2D eigenvalue weighted by molar-refractivity contribution is 9.09. The molecule has 1 fully saturated rings. The number of likely N-dealkylation sites (tertiary alicyclic amines) is 1. The Hall–Kier alpha value is -2.52. The third-order valence-electron chi connectivity index (χ3n) is 6.30. The van der Waals surface area contributed by atoms with Gasteiger partial charge in [0.25, 0.3) is 5.91 Å². The Morgan fingerprint density at radius 1 is 1.27 bits per heavy atom.